The maximum atomic E-state index is 12.4. The number of hydrogen-bond acceptors (Lipinski definition) is 5. The molecule has 0 bridgehead atoms. The van der Waals surface area contributed by atoms with Crippen molar-refractivity contribution >= 4 is 26.6 Å². The highest BCUT2D eigenvalue weighted by Crippen LogP contribution is 2.20. The average Bonchev–Trinajstić information content (AvgIpc) is 2.98. The van der Waals surface area contributed by atoms with Crippen LogP contribution in [0.3, 0.4) is 0 Å². The quantitative estimate of drug-likeness (QED) is 0.920. The maximum Gasteiger partial charge on any atom is 0.243 e. The van der Waals surface area contributed by atoms with E-state index >= 15 is 0 Å². The minimum Gasteiger partial charge on any atom is -0.395 e. The number of nitrogens with zero attached hydrogens (tertiary/aromatic N) is 2. The molecular weight excluding hydrogens is 278 g/mol. The normalized spacial score (nSPS) is 15.1. The van der Waals surface area contributed by atoms with Crippen molar-refractivity contribution in [2.75, 3.05) is 13.2 Å². The first-order valence-corrected chi connectivity index (χ1v) is 7.66. The molecule has 104 valence electrons. The van der Waals surface area contributed by atoms with E-state index in [-0.39, 0.29) is 11.4 Å². The lowest BCUT2D eigenvalue weighted by Crippen LogP contribution is -2.29. The van der Waals surface area contributed by atoms with Crippen LogP contribution < -0.4 is 4.72 Å². The smallest absolute Gasteiger partial charge is 0.243 e. The first-order chi connectivity index (χ1) is 9.67. The van der Waals surface area contributed by atoms with Gasteiger partial charge in [-0.15, -0.1) is 0 Å². The van der Waals surface area contributed by atoms with Crippen molar-refractivity contribution < 1.29 is 13.3 Å². The third-order valence-electron chi connectivity index (χ3n) is 3.03. The fourth-order valence-corrected chi connectivity index (χ4v) is 3.21. The van der Waals surface area contributed by atoms with Gasteiger partial charge in [0, 0.05) is 18.0 Å². The Labute approximate surface area is 116 Å². The van der Waals surface area contributed by atoms with Crippen LogP contribution in [-0.2, 0) is 14.9 Å². The molecule has 3 rings (SSSR count). The van der Waals surface area contributed by atoms with E-state index in [1.165, 1.54) is 0 Å². The van der Waals surface area contributed by atoms with Crippen molar-refractivity contribution in [3.05, 3.63) is 36.5 Å². The van der Waals surface area contributed by atoms with Crippen LogP contribution in [0, 0.1) is 0 Å². The number of rotatable bonds is 4. The predicted molar refractivity (Wildman–Crippen MR) is 74.9 cm³/mol. The number of sulfonamides is 1. The van der Waals surface area contributed by atoms with Crippen LogP contribution in [0.1, 0.15) is 6.42 Å². The summed E-state index contributed by atoms with van der Waals surface area (Å²) in [6.07, 6.45) is 2.23. The van der Waals surface area contributed by atoms with Crippen LogP contribution in [-0.4, -0.2) is 32.3 Å². The third-order valence-corrected chi connectivity index (χ3v) is 4.46. The summed E-state index contributed by atoms with van der Waals surface area (Å²) < 4.78 is 27.2. The van der Waals surface area contributed by atoms with Gasteiger partial charge >= 0.3 is 0 Å². The Balaban J connectivity index is 1.92. The molecule has 2 aromatic rings. The second kappa shape index (κ2) is 5.18. The van der Waals surface area contributed by atoms with Crippen LogP contribution in [0.5, 0.6) is 0 Å². The van der Waals surface area contributed by atoms with Crippen molar-refractivity contribution in [1.29, 1.82) is 0 Å². The molecule has 7 heteroatoms. The van der Waals surface area contributed by atoms with Crippen molar-refractivity contribution in [3.63, 3.8) is 0 Å². The molecular formula is C13H13N3O3S. The first kappa shape index (κ1) is 13.0. The van der Waals surface area contributed by atoms with E-state index in [4.69, 9.17) is 4.84 Å². The van der Waals surface area contributed by atoms with E-state index in [0.29, 0.717) is 24.3 Å². The van der Waals surface area contributed by atoms with E-state index in [0.717, 1.165) is 5.39 Å². The number of fused-ring (bicyclic) bond motifs is 1. The molecule has 0 saturated heterocycles. The van der Waals surface area contributed by atoms with E-state index in [1.807, 2.05) is 12.1 Å². The minimum absolute atomic E-state index is 0.158. The monoisotopic (exact) mass is 291 g/mol. The standard InChI is InChI=1S/C13H13N3O3S/c17-20(18,15-9-11-6-8-19-16-11)12-5-1-3-10-4-2-7-14-13(10)12/h1-5,7,15H,6,8-9H2. The summed E-state index contributed by atoms with van der Waals surface area (Å²) in [5.74, 6) is 0. The molecule has 1 aromatic heterocycles. The van der Waals surface area contributed by atoms with Gasteiger partial charge in [-0.25, -0.2) is 13.1 Å². The number of pyridine rings is 1. The molecule has 0 amide bonds. The largest absolute Gasteiger partial charge is 0.395 e. The summed E-state index contributed by atoms with van der Waals surface area (Å²) in [5, 5.41) is 4.56. The number of para-hydroxylation sites is 1. The lowest BCUT2D eigenvalue weighted by atomic mass is 10.2. The van der Waals surface area contributed by atoms with Crippen LogP contribution in [0.4, 0.5) is 0 Å². The van der Waals surface area contributed by atoms with E-state index in [1.54, 1.807) is 24.4 Å². The van der Waals surface area contributed by atoms with Crippen LogP contribution in [0.15, 0.2) is 46.6 Å². The number of oxime groups is 1. The van der Waals surface area contributed by atoms with Crippen molar-refractivity contribution in [2.24, 2.45) is 5.16 Å². The highest BCUT2D eigenvalue weighted by atomic mass is 32.2. The molecule has 0 unspecified atom stereocenters. The first-order valence-electron chi connectivity index (χ1n) is 6.18. The summed E-state index contributed by atoms with van der Waals surface area (Å²) in [7, 11) is -3.62. The van der Waals surface area contributed by atoms with Gasteiger partial charge in [0.2, 0.25) is 10.0 Å². The molecule has 0 spiro atoms. The van der Waals surface area contributed by atoms with Crippen molar-refractivity contribution in [2.45, 2.75) is 11.3 Å². The number of nitrogens with one attached hydrogen (secondary N) is 1. The Kier molecular flexibility index (Phi) is 3.37. The van der Waals surface area contributed by atoms with E-state index in [9.17, 15) is 8.42 Å². The van der Waals surface area contributed by atoms with Gasteiger partial charge in [0.1, 0.15) is 11.5 Å². The zero-order chi connectivity index (χ0) is 14.0. The highest BCUT2D eigenvalue weighted by Gasteiger charge is 2.19. The second-order valence-electron chi connectivity index (χ2n) is 4.40. The lowest BCUT2D eigenvalue weighted by molar-refractivity contribution is 0.173. The molecule has 0 radical (unpaired) electrons. The summed E-state index contributed by atoms with van der Waals surface area (Å²) in [5.41, 5.74) is 1.16. The van der Waals surface area contributed by atoms with Crippen LogP contribution in [0.2, 0.25) is 0 Å². The van der Waals surface area contributed by atoms with E-state index in [2.05, 4.69) is 14.9 Å². The van der Waals surface area contributed by atoms with Gasteiger partial charge < -0.3 is 4.84 Å². The molecule has 1 aliphatic heterocycles. The molecule has 0 fully saturated rings. The van der Waals surface area contributed by atoms with Gasteiger partial charge in [0.15, 0.2) is 0 Å². The fraction of sp³-hybridized carbons (Fsp3) is 0.231. The van der Waals surface area contributed by atoms with Gasteiger partial charge in [-0.2, -0.15) is 0 Å². The van der Waals surface area contributed by atoms with Crippen molar-refractivity contribution in [1.82, 2.24) is 9.71 Å². The van der Waals surface area contributed by atoms with Gasteiger partial charge in [-0.1, -0.05) is 23.4 Å². The molecule has 1 aromatic carbocycles. The Morgan fingerprint density at radius 1 is 1.25 bits per heavy atom. The number of benzene rings is 1. The Hall–Kier alpha value is -1.99. The molecule has 0 aliphatic carbocycles. The summed E-state index contributed by atoms with van der Waals surface area (Å²) in [6, 6.07) is 8.68. The van der Waals surface area contributed by atoms with Gasteiger partial charge in [-0.05, 0) is 12.1 Å². The minimum atomic E-state index is -3.62. The van der Waals surface area contributed by atoms with Gasteiger partial charge in [0.05, 0.1) is 17.8 Å². The van der Waals surface area contributed by atoms with Gasteiger partial charge in [0.25, 0.3) is 0 Å². The average molecular weight is 291 g/mol. The molecule has 0 saturated carbocycles. The molecule has 2 heterocycles. The molecule has 1 aliphatic rings. The zero-order valence-electron chi connectivity index (χ0n) is 10.6. The van der Waals surface area contributed by atoms with E-state index < -0.39 is 10.0 Å². The Morgan fingerprint density at radius 3 is 2.90 bits per heavy atom. The summed E-state index contributed by atoms with van der Waals surface area (Å²) in [4.78, 5) is 9.17. The predicted octanol–water partition coefficient (Wildman–Crippen LogP) is 1.29. The second-order valence-corrected chi connectivity index (χ2v) is 6.13. The topological polar surface area (TPSA) is 80.7 Å². The fourth-order valence-electron chi connectivity index (χ4n) is 2.02. The molecule has 6 nitrogen and oxygen atoms in total. The lowest BCUT2D eigenvalue weighted by Gasteiger charge is -2.08. The summed E-state index contributed by atoms with van der Waals surface area (Å²) in [6.45, 7) is 0.665. The molecule has 0 atom stereocenters. The Morgan fingerprint density at radius 2 is 2.10 bits per heavy atom. The zero-order valence-corrected chi connectivity index (χ0v) is 11.4. The summed E-state index contributed by atoms with van der Waals surface area (Å²) >= 11 is 0. The third kappa shape index (κ3) is 2.50. The van der Waals surface area contributed by atoms with Crippen LogP contribution >= 0.6 is 0 Å². The highest BCUT2D eigenvalue weighted by molar-refractivity contribution is 7.89. The van der Waals surface area contributed by atoms with Crippen LogP contribution in [0.25, 0.3) is 10.9 Å². The van der Waals surface area contributed by atoms with Gasteiger partial charge in [-0.3, -0.25) is 4.98 Å². The molecule has 1 N–H and O–H groups in total. The Bertz CT molecular complexity index is 766. The maximum absolute atomic E-state index is 12.4. The SMILES string of the molecule is O=S(=O)(NCC1=NOCC1)c1cccc2cccnc12. The van der Waals surface area contributed by atoms with Crippen molar-refractivity contribution in [3.8, 4) is 0 Å². The number of aromatic nitrogens is 1. The number of hydrogen-bond donors (Lipinski definition) is 1. The molecule has 20 heavy (non-hydrogen) atoms.